The fourth-order valence-corrected chi connectivity index (χ4v) is 2.49. The van der Waals surface area contributed by atoms with Gasteiger partial charge in [0.25, 0.3) is 5.91 Å². The molecule has 27 heavy (non-hydrogen) atoms. The number of amides is 1. The largest absolute Gasteiger partial charge is 0.495 e. The third kappa shape index (κ3) is 4.33. The van der Waals surface area contributed by atoms with Crippen LogP contribution in [0.3, 0.4) is 0 Å². The number of methoxy groups -OCH3 is 2. The van der Waals surface area contributed by atoms with Gasteiger partial charge in [-0.25, -0.2) is 9.97 Å². The molecular formula is C20H20N4O3. The zero-order valence-electron chi connectivity index (χ0n) is 15.3. The Hall–Kier alpha value is -3.61. The zero-order chi connectivity index (χ0) is 19.2. The molecule has 3 rings (SSSR count). The predicted molar refractivity (Wildman–Crippen MR) is 104 cm³/mol. The van der Waals surface area contributed by atoms with Crippen LogP contribution in [0, 0.1) is 6.92 Å². The molecule has 0 bridgehead atoms. The van der Waals surface area contributed by atoms with Gasteiger partial charge < -0.3 is 20.1 Å². The first-order chi connectivity index (χ1) is 13.1. The van der Waals surface area contributed by atoms with Gasteiger partial charge in [-0.15, -0.1) is 0 Å². The SMILES string of the molecule is COc1ccccc1NC(=O)c1cnc(Nc2cc(C)ccc2OC)nc1. The van der Waals surface area contributed by atoms with E-state index in [1.807, 2.05) is 37.3 Å². The Morgan fingerprint density at radius 3 is 2.30 bits per heavy atom. The molecular weight excluding hydrogens is 344 g/mol. The van der Waals surface area contributed by atoms with Gasteiger partial charge in [-0.2, -0.15) is 0 Å². The van der Waals surface area contributed by atoms with E-state index in [9.17, 15) is 4.79 Å². The molecule has 0 aliphatic carbocycles. The highest BCUT2D eigenvalue weighted by Gasteiger charge is 2.11. The fourth-order valence-electron chi connectivity index (χ4n) is 2.49. The lowest BCUT2D eigenvalue weighted by Gasteiger charge is -2.11. The Labute approximate surface area is 157 Å². The summed E-state index contributed by atoms with van der Waals surface area (Å²) in [5.74, 6) is 1.31. The molecule has 0 saturated heterocycles. The van der Waals surface area contributed by atoms with E-state index in [2.05, 4.69) is 20.6 Å². The minimum atomic E-state index is -0.320. The van der Waals surface area contributed by atoms with Gasteiger partial charge in [0.05, 0.1) is 31.2 Å². The molecule has 1 aromatic heterocycles. The van der Waals surface area contributed by atoms with Crippen molar-refractivity contribution in [2.24, 2.45) is 0 Å². The highest BCUT2D eigenvalue weighted by Crippen LogP contribution is 2.27. The number of aryl methyl sites for hydroxylation is 1. The van der Waals surface area contributed by atoms with Gasteiger partial charge in [-0.1, -0.05) is 18.2 Å². The minimum absolute atomic E-state index is 0.320. The Balaban J connectivity index is 1.73. The summed E-state index contributed by atoms with van der Waals surface area (Å²) in [6, 6.07) is 12.9. The summed E-state index contributed by atoms with van der Waals surface area (Å²) in [6.45, 7) is 1.98. The van der Waals surface area contributed by atoms with Crippen LogP contribution >= 0.6 is 0 Å². The Morgan fingerprint density at radius 2 is 1.59 bits per heavy atom. The molecule has 7 nitrogen and oxygen atoms in total. The van der Waals surface area contributed by atoms with Crippen molar-refractivity contribution in [2.45, 2.75) is 6.92 Å². The van der Waals surface area contributed by atoms with Crippen molar-refractivity contribution in [3.63, 3.8) is 0 Å². The van der Waals surface area contributed by atoms with Crippen LogP contribution in [-0.4, -0.2) is 30.1 Å². The summed E-state index contributed by atoms with van der Waals surface area (Å²) in [7, 11) is 3.15. The molecule has 0 atom stereocenters. The normalized spacial score (nSPS) is 10.2. The van der Waals surface area contributed by atoms with Crippen LogP contribution in [0.5, 0.6) is 11.5 Å². The van der Waals surface area contributed by atoms with E-state index in [0.717, 1.165) is 11.3 Å². The van der Waals surface area contributed by atoms with Crippen LogP contribution < -0.4 is 20.1 Å². The van der Waals surface area contributed by atoms with E-state index >= 15 is 0 Å². The van der Waals surface area contributed by atoms with Gasteiger partial charge in [0.1, 0.15) is 11.5 Å². The van der Waals surface area contributed by atoms with E-state index < -0.39 is 0 Å². The number of nitrogens with one attached hydrogen (secondary N) is 2. The summed E-state index contributed by atoms with van der Waals surface area (Å²) in [6.07, 6.45) is 2.92. The van der Waals surface area contributed by atoms with Gasteiger partial charge in [0.2, 0.25) is 5.95 Å². The number of anilines is 3. The molecule has 1 heterocycles. The van der Waals surface area contributed by atoms with E-state index in [1.165, 1.54) is 12.4 Å². The Bertz CT molecular complexity index is 942. The highest BCUT2D eigenvalue weighted by atomic mass is 16.5. The predicted octanol–water partition coefficient (Wildman–Crippen LogP) is 3.80. The van der Waals surface area contributed by atoms with Crippen LogP contribution in [0.4, 0.5) is 17.3 Å². The van der Waals surface area contributed by atoms with Crippen molar-refractivity contribution >= 4 is 23.2 Å². The molecule has 0 spiro atoms. The van der Waals surface area contributed by atoms with Gasteiger partial charge in [0.15, 0.2) is 0 Å². The van der Waals surface area contributed by atoms with Crippen LogP contribution in [0.15, 0.2) is 54.9 Å². The molecule has 7 heteroatoms. The van der Waals surface area contributed by atoms with Gasteiger partial charge >= 0.3 is 0 Å². The number of aromatic nitrogens is 2. The second-order valence-electron chi connectivity index (χ2n) is 5.78. The van der Waals surface area contributed by atoms with E-state index in [1.54, 1.807) is 26.4 Å². The molecule has 1 amide bonds. The second-order valence-corrected chi connectivity index (χ2v) is 5.78. The van der Waals surface area contributed by atoms with Crippen molar-refractivity contribution in [1.29, 1.82) is 0 Å². The number of para-hydroxylation sites is 2. The van der Waals surface area contributed by atoms with E-state index in [0.29, 0.717) is 28.7 Å². The molecule has 0 unspecified atom stereocenters. The number of rotatable bonds is 6. The summed E-state index contributed by atoms with van der Waals surface area (Å²) >= 11 is 0. The third-order valence-corrected chi connectivity index (χ3v) is 3.87. The van der Waals surface area contributed by atoms with Gasteiger partial charge in [0, 0.05) is 12.4 Å². The van der Waals surface area contributed by atoms with Crippen molar-refractivity contribution < 1.29 is 14.3 Å². The van der Waals surface area contributed by atoms with Gasteiger partial charge in [-0.3, -0.25) is 4.79 Å². The summed E-state index contributed by atoms with van der Waals surface area (Å²) in [5.41, 5.74) is 2.74. The maximum atomic E-state index is 12.4. The highest BCUT2D eigenvalue weighted by molar-refractivity contribution is 6.04. The maximum Gasteiger partial charge on any atom is 0.258 e. The average molecular weight is 364 g/mol. The number of benzene rings is 2. The van der Waals surface area contributed by atoms with Crippen molar-refractivity contribution in [3.8, 4) is 11.5 Å². The van der Waals surface area contributed by atoms with Gasteiger partial charge in [-0.05, 0) is 36.8 Å². The smallest absolute Gasteiger partial charge is 0.258 e. The molecule has 2 aromatic carbocycles. The molecule has 0 aliphatic rings. The summed E-state index contributed by atoms with van der Waals surface area (Å²) in [4.78, 5) is 20.8. The molecule has 0 fully saturated rings. The molecule has 3 aromatic rings. The third-order valence-electron chi connectivity index (χ3n) is 3.87. The number of hydrogen-bond acceptors (Lipinski definition) is 6. The topological polar surface area (TPSA) is 85.4 Å². The molecule has 0 radical (unpaired) electrons. The summed E-state index contributed by atoms with van der Waals surface area (Å²) in [5, 5.41) is 5.89. The number of ether oxygens (including phenoxy) is 2. The lowest BCUT2D eigenvalue weighted by atomic mass is 10.2. The molecule has 138 valence electrons. The Morgan fingerprint density at radius 1 is 0.926 bits per heavy atom. The second kappa shape index (κ2) is 8.18. The minimum Gasteiger partial charge on any atom is -0.495 e. The lowest BCUT2D eigenvalue weighted by molar-refractivity contribution is 0.102. The average Bonchev–Trinajstić information content (AvgIpc) is 2.69. The van der Waals surface area contributed by atoms with Crippen LogP contribution in [0.1, 0.15) is 15.9 Å². The number of carbonyl (C=O) groups excluding carboxylic acids is 1. The molecule has 0 saturated carbocycles. The fraction of sp³-hybridized carbons (Fsp3) is 0.150. The molecule has 0 aliphatic heterocycles. The quantitative estimate of drug-likeness (QED) is 0.692. The summed E-state index contributed by atoms with van der Waals surface area (Å²) < 4.78 is 10.6. The maximum absolute atomic E-state index is 12.4. The monoisotopic (exact) mass is 364 g/mol. The van der Waals surface area contributed by atoms with Crippen LogP contribution in [0.2, 0.25) is 0 Å². The standard InChI is InChI=1S/C20H20N4O3/c1-13-8-9-18(27-3)16(10-13)24-20-21-11-14(12-22-20)19(25)23-15-6-4-5-7-17(15)26-2/h4-12H,1-3H3,(H,23,25)(H,21,22,24). The first-order valence-corrected chi connectivity index (χ1v) is 8.29. The Kier molecular flexibility index (Phi) is 5.51. The number of hydrogen-bond donors (Lipinski definition) is 2. The molecule has 2 N–H and O–H groups in total. The van der Waals surface area contributed by atoms with E-state index in [4.69, 9.17) is 9.47 Å². The lowest BCUT2D eigenvalue weighted by Crippen LogP contribution is -2.13. The zero-order valence-corrected chi connectivity index (χ0v) is 15.3. The van der Waals surface area contributed by atoms with E-state index in [-0.39, 0.29) is 5.91 Å². The van der Waals surface area contributed by atoms with Crippen molar-refractivity contribution in [2.75, 3.05) is 24.9 Å². The van der Waals surface area contributed by atoms with Crippen molar-refractivity contribution in [3.05, 3.63) is 66.0 Å². The first-order valence-electron chi connectivity index (χ1n) is 8.29. The van der Waals surface area contributed by atoms with Crippen LogP contribution in [-0.2, 0) is 0 Å². The number of carbonyl (C=O) groups is 1. The first kappa shape index (κ1) is 18.2. The number of nitrogens with zero attached hydrogens (tertiary/aromatic N) is 2. The van der Waals surface area contributed by atoms with Crippen LogP contribution in [0.25, 0.3) is 0 Å². The van der Waals surface area contributed by atoms with Crippen molar-refractivity contribution in [1.82, 2.24) is 9.97 Å².